The van der Waals surface area contributed by atoms with E-state index in [1.54, 1.807) is 19.1 Å². The highest BCUT2D eigenvalue weighted by Gasteiger charge is 2.18. The molecule has 0 saturated heterocycles. The van der Waals surface area contributed by atoms with Crippen molar-refractivity contribution in [3.63, 3.8) is 0 Å². The Hall–Kier alpha value is -0.120. The van der Waals surface area contributed by atoms with Gasteiger partial charge < -0.3 is 5.73 Å². The lowest BCUT2D eigenvalue weighted by molar-refractivity contribution is 0.438. The predicted molar refractivity (Wildman–Crippen MR) is 72.5 cm³/mol. The Balaban J connectivity index is 0.00000225. The van der Waals surface area contributed by atoms with Crippen LogP contribution in [0.25, 0.3) is 0 Å². The summed E-state index contributed by atoms with van der Waals surface area (Å²) >= 11 is 3.36. The Morgan fingerprint density at radius 3 is 2.50 bits per heavy atom. The van der Waals surface area contributed by atoms with E-state index >= 15 is 0 Å². The quantitative estimate of drug-likeness (QED) is 0.881. The fourth-order valence-corrected chi connectivity index (χ4v) is 2.14. The van der Waals surface area contributed by atoms with Gasteiger partial charge in [0, 0.05) is 16.1 Å². The second-order valence-corrected chi connectivity index (χ2v) is 4.95. The Labute approximate surface area is 111 Å². The minimum absolute atomic E-state index is 0. The zero-order valence-electron chi connectivity index (χ0n) is 9.76. The molecule has 0 aromatic heterocycles. The van der Waals surface area contributed by atoms with Gasteiger partial charge in [-0.2, -0.15) is 0 Å². The minimum Gasteiger partial charge on any atom is -0.324 e. The van der Waals surface area contributed by atoms with Crippen molar-refractivity contribution in [3.05, 3.63) is 33.5 Å². The number of hydrogen-bond acceptors (Lipinski definition) is 1. The van der Waals surface area contributed by atoms with E-state index in [-0.39, 0.29) is 30.2 Å². The van der Waals surface area contributed by atoms with Gasteiger partial charge in [0.25, 0.3) is 0 Å². The zero-order chi connectivity index (χ0) is 11.6. The largest absolute Gasteiger partial charge is 0.324 e. The molecule has 0 aliphatic heterocycles. The van der Waals surface area contributed by atoms with Crippen LogP contribution in [-0.2, 0) is 0 Å². The van der Waals surface area contributed by atoms with Crippen molar-refractivity contribution in [2.24, 2.45) is 11.7 Å². The molecule has 0 amide bonds. The third-order valence-corrected chi connectivity index (χ3v) is 3.32. The van der Waals surface area contributed by atoms with Crippen LogP contribution < -0.4 is 5.73 Å². The van der Waals surface area contributed by atoms with E-state index in [0.717, 1.165) is 10.9 Å². The van der Waals surface area contributed by atoms with Crippen molar-refractivity contribution >= 4 is 28.3 Å². The highest BCUT2D eigenvalue weighted by Crippen LogP contribution is 2.28. The lowest BCUT2D eigenvalue weighted by Gasteiger charge is -2.20. The average Bonchev–Trinajstić information content (AvgIpc) is 2.21. The molecule has 0 bridgehead atoms. The molecule has 1 rings (SSSR count). The molecular formula is C12H18BrClFN. The number of halogens is 3. The third kappa shape index (κ3) is 3.44. The molecule has 0 aliphatic rings. The molecule has 16 heavy (non-hydrogen) atoms. The summed E-state index contributed by atoms with van der Waals surface area (Å²) in [7, 11) is 0. The van der Waals surface area contributed by atoms with Crippen molar-refractivity contribution < 1.29 is 4.39 Å². The zero-order valence-corrected chi connectivity index (χ0v) is 12.2. The number of benzene rings is 1. The second-order valence-electron chi connectivity index (χ2n) is 4.04. The number of rotatable bonds is 3. The van der Waals surface area contributed by atoms with Crippen LogP contribution in [0.15, 0.2) is 16.6 Å². The molecule has 0 saturated carbocycles. The van der Waals surface area contributed by atoms with Crippen LogP contribution in [0.2, 0.25) is 0 Å². The summed E-state index contributed by atoms with van der Waals surface area (Å²) in [5.41, 5.74) is 7.27. The molecular weight excluding hydrogens is 292 g/mol. The Morgan fingerprint density at radius 2 is 2.00 bits per heavy atom. The molecule has 2 N–H and O–H groups in total. The van der Waals surface area contributed by atoms with Gasteiger partial charge in [-0.15, -0.1) is 12.4 Å². The first-order valence-electron chi connectivity index (χ1n) is 5.18. The van der Waals surface area contributed by atoms with Gasteiger partial charge in [-0.1, -0.05) is 36.2 Å². The van der Waals surface area contributed by atoms with Crippen molar-refractivity contribution in [1.82, 2.24) is 0 Å². The number of hydrogen-bond donors (Lipinski definition) is 1. The van der Waals surface area contributed by atoms with Gasteiger partial charge in [-0.3, -0.25) is 0 Å². The molecule has 0 fully saturated rings. The first-order chi connectivity index (χ1) is 6.97. The third-order valence-electron chi connectivity index (χ3n) is 2.86. The predicted octanol–water partition coefficient (Wildman–Crippen LogP) is 4.36. The molecule has 0 aliphatic carbocycles. The first-order valence-corrected chi connectivity index (χ1v) is 5.97. The smallest absolute Gasteiger partial charge is 0.130 e. The fourth-order valence-electron chi connectivity index (χ4n) is 1.55. The molecule has 1 nitrogen and oxygen atoms in total. The standard InChI is InChI=1S/C12H17BrFN.ClH/c1-4-7(2)12(15)10-6-9(13)5-8(3)11(10)14;/h5-7,12H,4,15H2,1-3H3;1H/t7?,12-;/m0./s1. The van der Waals surface area contributed by atoms with Crippen LogP contribution in [0.4, 0.5) is 4.39 Å². The van der Waals surface area contributed by atoms with Crippen LogP contribution in [0.3, 0.4) is 0 Å². The highest BCUT2D eigenvalue weighted by molar-refractivity contribution is 9.10. The fraction of sp³-hybridized carbons (Fsp3) is 0.500. The van der Waals surface area contributed by atoms with Gasteiger partial charge in [-0.25, -0.2) is 4.39 Å². The molecule has 92 valence electrons. The summed E-state index contributed by atoms with van der Waals surface area (Å²) in [4.78, 5) is 0. The summed E-state index contributed by atoms with van der Waals surface area (Å²) in [5.74, 6) is 0.110. The molecule has 1 unspecified atom stereocenters. The first kappa shape index (κ1) is 15.9. The van der Waals surface area contributed by atoms with E-state index < -0.39 is 0 Å². The molecule has 1 aromatic rings. The van der Waals surface area contributed by atoms with E-state index in [1.807, 2.05) is 6.92 Å². The maximum atomic E-state index is 13.8. The van der Waals surface area contributed by atoms with Crippen molar-refractivity contribution in [3.8, 4) is 0 Å². The molecule has 4 heteroatoms. The second kappa shape index (κ2) is 6.58. The van der Waals surface area contributed by atoms with Crippen LogP contribution in [0.5, 0.6) is 0 Å². The van der Waals surface area contributed by atoms with Gasteiger partial charge >= 0.3 is 0 Å². The maximum absolute atomic E-state index is 13.8. The highest BCUT2D eigenvalue weighted by atomic mass is 79.9. The molecule has 2 atom stereocenters. The van der Waals surface area contributed by atoms with Crippen LogP contribution in [0.1, 0.15) is 37.4 Å². The number of aryl methyl sites for hydroxylation is 1. The van der Waals surface area contributed by atoms with Crippen molar-refractivity contribution in [2.75, 3.05) is 0 Å². The number of nitrogens with two attached hydrogens (primary N) is 1. The van der Waals surface area contributed by atoms with Gasteiger partial charge in [0.1, 0.15) is 5.82 Å². The Kier molecular flexibility index (Phi) is 6.53. The lowest BCUT2D eigenvalue weighted by atomic mass is 9.92. The molecule has 1 aromatic carbocycles. The van der Waals surface area contributed by atoms with E-state index in [1.165, 1.54) is 0 Å². The summed E-state index contributed by atoms with van der Waals surface area (Å²) < 4.78 is 14.7. The monoisotopic (exact) mass is 309 g/mol. The van der Waals surface area contributed by atoms with Gasteiger partial charge in [0.05, 0.1) is 0 Å². The molecule has 0 spiro atoms. The van der Waals surface area contributed by atoms with E-state index in [2.05, 4.69) is 22.9 Å². The Morgan fingerprint density at radius 1 is 1.44 bits per heavy atom. The maximum Gasteiger partial charge on any atom is 0.130 e. The minimum atomic E-state index is -0.230. The Bertz CT molecular complexity index is 357. The summed E-state index contributed by atoms with van der Waals surface area (Å²) in [6.07, 6.45) is 0.951. The van der Waals surface area contributed by atoms with Gasteiger partial charge in [0.15, 0.2) is 0 Å². The SMILES string of the molecule is CCC(C)[C@H](N)c1cc(Br)cc(C)c1F.Cl. The van der Waals surface area contributed by atoms with Crippen LogP contribution in [-0.4, -0.2) is 0 Å². The van der Waals surface area contributed by atoms with Crippen LogP contribution in [0, 0.1) is 18.7 Å². The van der Waals surface area contributed by atoms with Crippen molar-refractivity contribution in [1.29, 1.82) is 0 Å². The average molecular weight is 311 g/mol. The molecule has 0 radical (unpaired) electrons. The molecule has 0 heterocycles. The van der Waals surface area contributed by atoms with Gasteiger partial charge in [0.2, 0.25) is 0 Å². The summed E-state index contributed by atoms with van der Waals surface area (Å²) in [5, 5.41) is 0. The van der Waals surface area contributed by atoms with Crippen molar-refractivity contribution in [2.45, 2.75) is 33.2 Å². The summed E-state index contributed by atoms with van der Waals surface area (Å²) in [6, 6.07) is 3.31. The topological polar surface area (TPSA) is 26.0 Å². The van der Waals surface area contributed by atoms with E-state index in [4.69, 9.17) is 5.73 Å². The van der Waals surface area contributed by atoms with Gasteiger partial charge in [-0.05, 0) is 30.5 Å². The summed E-state index contributed by atoms with van der Waals surface area (Å²) in [6.45, 7) is 5.86. The van der Waals surface area contributed by atoms with E-state index in [9.17, 15) is 4.39 Å². The van der Waals surface area contributed by atoms with E-state index in [0.29, 0.717) is 11.1 Å². The lowest BCUT2D eigenvalue weighted by Crippen LogP contribution is -2.20. The normalized spacial score (nSPS) is 14.1. The van der Waals surface area contributed by atoms with Crippen LogP contribution >= 0.6 is 28.3 Å².